The highest BCUT2D eigenvalue weighted by Crippen LogP contribution is 2.25. The fourth-order valence-electron chi connectivity index (χ4n) is 1.69. The number of rotatable bonds is 7. The molecule has 0 fully saturated rings. The van der Waals surface area contributed by atoms with E-state index in [4.69, 9.17) is 15.2 Å². The molecule has 0 saturated carbocycles. The minimum atomic E-state index is 0.778. The first kappa shape index (κ1) is 12.8. The predicted octanol–water partition coefficient (Wildman–Crippen LogP) is 2.38. The monoisotopic (exact) mass is 223 g/mol. The molecule has 3 nitrogen and oxygen atoms in total. The van der Waals surface area contributed by atoms with Crippen LogP contribution >= 0.6 is 0 Å². The fourth-order valence-corrected chi connectivity index (χ4v) is 1.69. The van der Waals surface area contributed by atoms with Gasteiger partial charge in [-0.05, 0) is 37.4 Å². The Morgan fingerprint density at radius 1 is 1.06 bits per heavy atom. The summed E-state index contributed by atoms with van der Waals surface area (Å²) in [6.07, 6.45) is 4.46. The van der Waals surface area contributed by atoms with Crippen molar-refractivity contribution < 1.29 is 9.47 Å². The molecule has 2 N–H and O–H groups in total. The van der Waals surface area contributed by atoms with Crippen LogP contribution in [0.2, 0.25) is 0 Å². The Kier molecular flexibility index (Phi) is 5.72. The van der Waals surface area contributed by atoms with Crippen molar-refractivity contribution in [1.29, 1.82) is 0 Å². The Labute approximate surface area is 97.6 Å². The number of nitrogens with two attached hydrogens (primary N) is 1. The number of unbranched alkanes of at least 4 members (excludes halogenated alkanes) is 2. The molecule has 0 aromatic heterocycles. The number of ether oxygens (including phenoxy) is 2. The van der Waals surface area contributed by atoms with Crippen LogP contribution in [0.15, 0.2) is 18.2 Å². The third kappa shape index (κ3) is 3.74. The van der Waals surface area contributed by atoms with E-state index in [1.54, 1.807) is 14.2 Å². The van der Waals surface area contributed by atoms with Crippen LogP contribution in [0.25, 0.3) is 0 Å². The molecule has 0 aliphatic heterocycles. The Hall–Kier alpha value is -1.22. The van der Waals surface area contributed by atoms with Crippen molar-refractivity contribution in [3.63, 3.8) is 0 Å². The van der Waals surface area contributed by atoms with Crippen molar-refractivity contribution >= 4 is 0 Å². The van der Waals surface area contributed by atoms with E-state index in [-0.39, 0.29) is 0 Å². The van der Waals surface area contributed by atoms with E-state index in [0.717, 1.165) is 37.3 Å². The molecule has 0 heterocycles. The molecule has 0 unspecified atom stereocenters. The van der Waals surface area contributed by atoms with Gasteiger partial charge in [0.2, 0.25) is 0 Å². The Morgan fingerprint density at radius 2 is 1.88 bits per heavy atom. The summed E-state index contributed by atoms with van der Waals surface area (Å²) in [7, 11) is 3.36. The zero-order chi connectivity index (χ0) is 11.8. The summed E-state index contributed by atoms with van der Waals surface area (Å²) in [6.45, 7) is 0.778. The van der Waals surface area contributed by atoms with Crippen LogP contribution in [0.3, 0.4) is 0 Å². The molecular weight excluding hydrogens is 202 g/mol. The van der Waals surface area contributed by atoms with Crippen molar-refractivity contribution in [2.45, 2.75) is 25.7 Å². The smallest absolute Gasteiger partial charge is 0.125 e. The minimum absolute atomic E-state index is 0.778. The number of hydrogen-bond acceptors (Lipinski definition) is 3. The van der Waals surface area contributed by atoms with E-state index >= 15 is 0 Å². The SMILES string of the molecule is COc1ccc(CCCCCN)c(OC)c1. The lowest BCUT2D eigenvalue weighted by Crippen LogP contribution is -1.99. The number of benzene rings is 1. The zero-order valence-corrected chi connectivity index (χ0v) is 10.2. The van der Waals surface area contributed by atoms with Crippen molar-refractivity contribution in [3.05, 3.63) is 23.8 Å². The topological polar surface area (TPSA) is 44.5 Å². The van der Waals surface area contributed by atoms with E-state index in [1.807, 2.05) is 12.1 Å². The molecule has 0 aliphatic rings. The summed E-state index contributed by atoms with van der Waals surface area (Å²) in [5.74, 6) is 1.75. The Balaban J connectivity index is 2.57. The molecular formula is C13H21NO2. The summed E-state index contributed by atoms with van der Waals surface area (Å²) in [6, 6.07) is 5.97. The second-order valence-corrected chi connectivity index (χ2v) is 3.78. The molecule has 1 aromatic rings. The molecule has 16 heavy (non-hydrogen) atoms. The second-order valence-electron chi connectivity index (χ2n) is 3.78. The Morgan fingerprint density at radius 3 is 2.50 bits per heavy atom. The van der Waals surface area contributed by atoms with Crippen molar-refractivity contribution in [1.82, 2.24) is 0 Å². The van der Waals surface area contributed by atoms with Gasteiger partial charge in [-0.15, -0.1) is 0 Å². The lowest BCUT2D eigenvalue weighted by Gasteiger charge is -2.10. The maximum Gasteiger partial charge on any atom is 0.125 e. The molecule has 0 atom stereocenters. The first-order valence-electron chi connectivity index (χ1n) is 5.72. The first-order chi connectivity index (χ1) is 7.81. The number of methoxy groups -OCH3 is 2. The third-order valence-electron chi connectivity index (χ3n) is 2.64. The molecule has 1 rings (SSSR count). The van der Waals surface area contributed by atoms with Gasteiger partial charge in [0.1, 0.15) is 11.5 Å². The van der Waals surface area contributed by atoms with Crippen LogP contribution < -0.4 is 15.2 Å². The van der Waals surface area contributed by atoms with Gasteiger partial charge in [-0.3, -0.25) is 0 Å². The lowest BCUT2D eigenvalue weighted by atomic mass is 10.1. The minimum Gasteiger partial charge on any atom is -0.497 e. The van der Waals surface area contributed by atoms with Crippen molar-refractivity contribution in [2.75, 3.05) is 20.8 Å². The maximum atomic E-state index is 5.46. The summed E-state index contributed by atoms with van der Waals surface area (Å²) in [5, 5.41) is 0. The largest absolute Gasteiger partial charge is 0.497 e. The van der Waals surface area contributed by atoms with Gasteiger partial charge in [0, 0.05) is 6.07 Å². The van der Waals surface area contributed by atoms with Gasteiger partial charge >= 0.3 is 0 Å². The molecule has 0 aliphatic carbocycles. The van der Waals surface area contributed by atoms with Crippen molar-refractivity contribution in [2.24, 2.45) is 5.73 Å². The average molecular weight is 223 g/mol. The maximum absolute atomic E-state index is 5.46. The van der Waals surface area contributed by atoms with Gasteiger partial charge < -0.3 is 15.2 Å². The fraction of sp³-hybridized carbons (Fsp3) is 0.538. The van der Waals surface area contributed by atoms with Crippen LogP contribution in [0.4, 0.5) is 0 Å². The number of hydrogen-bond donors (Lipinski definition) is 1. The van der Waals surface area contributed by atoms with Crippen LogP contribution in [0.5, 0.6) is 11.5 Å². The van der Waals surface area contributed by atoms with Crippen LogP contribution in [0, 0.1) is 0 Å². The normalized spacial score (nSPS) is 10.2. The molecule has 3 heteroatoms. The molecule has 0 spiro atoms. The average Bonchev–Trinajstić information content (AvgIpc) is 2.34. The van der Waals surface area contributed by atoms with E-state index in [2.05, 4.69) is 6.07 Å². The molecule has 90 valence electrons. The van der Waals surface area contributed by atoms with E-state index < -0.39 is 0 Å². The van der Waals surface area contributed by atoms with Gasteiger partial charge in [0.05, 0.1) is 14.2 Å². The quantitative estimate of drug-likeness (QED) is 0.722. The highest BCUT2D eigenvalue weighted by atomic mass is 16.5. The van der Waals surface area contributed by atoms with E-state index in [1.165, 1.54) is 12.0 Å². The van der Waals surface area contributed by atoms with Gasteiger partial charge in [-0.25, -0.2) is 0 Å². The van der Waals surface area contributed by atoms with Crippen molar-refractivity contribution in [3.8, 4) is 11.5 Å². The third-order valence-corrected chi connectivity index (χ3v) is 2.64. The van der Waals surface area contributed by atoms with Gasteiger partial charge in [-0.1, -0.05) is 12.5 Å². The summed E-state index contributed by atoms with van der Waals surface area (Å²) in [4.78, 5) is 0. The van der Waals surface area contributed by atoms with Crippen LogP contribution in [-0.4, -0.2) is 20.8 Å². The standard InChI is InChI=1S/C13H21NO2/c1-15-12-8-7-11(13(10-12)16-2)6-4-3-5-9-14/h7-8,10H,3-6,9,14H2,1-2H3. The zero-order valence-electron chi connectivity index (χ0n) is 10.2. The van der Waals surface area contributed by atoms with Gasteiger partial charge in [-0.2, -0.15) is 0 Å². The summed E-state index contributed by atoms with van der Waals surface area (Å²) < 4.78 is 10.5. The van der Waals surface area contributed by atoms with Gasteiger partial charge in [0.15, 0.2) is 0 Å². The molecule has 1 aromatic carbocycles. The lowest BCUT2D eigenvalue weighted by molar-refractivity contribution is 0.390. The highest BCUT2D eigenvalue weighted by molar-refractivity contribution is 5.40. The molecule has 0 amide bonds. The molecule has 0 saturated heterocycles. The Bertz CT molecular complexity index is 313. The second kappa shape index (κ2) is 7.12. The van der Waals surface area contributed by atoms with Gasteiger partial charge in [0.25, 0.3) is 0 Å². The summed E-state index contributed by atoms with van der Waals surface area (Å²) in [5.41, 5.74) is 6.70. The highest BCUT2D eigenvalue weighted by Gasteiger charge is 2.04. The van der Waals surface area contributed by atoms with E-state index in [9.17, 15) is 0 Å². The van der Waals surface area contributed by atoms with Crippen LogP contribution in [0.1, 0.15) is 24.8 Å². The predicted molar refractivity (Wildman–Crippen MR) is 66.2 cm³/mol. The summed E-state index contributed by atoms with van der Waals surface area (Å²) >= 11 is 0. The molecule has 0 radical (unpaired) electrons. The molecule has 0 bridgehead atoms. The number of aryl methyl sites for hydroxylation is 1. The van der Waals surface area contributed by atoms with E-state index in [0.29, 0.717) is 0 Å². The first-order valence-corrected chi connectivity index (χ1v) is 5.72. The van der Waals surface area contributed by atoms with Crippen LogP contribution in [-0.2, 0) is 6.42 Å².